The van der Waals surface area contributed by atoms with Crippen molar-refractivity contribution in [3.63, 3.8) is 0 Å². The lowest BCUT2D eigenvalue weighted by molar-refractivity contribution is -0.384. The summed E-state index contributed by atoms with van der Waals surface area (Å²) in [6.07, 6.45) is -1.07. The summed E-state index contributed by atoms with van der Waals surface area (Å²) in [6.45, 7) is 3.30. The van der Waals surface area contributed by atoms with Crippen LogP contribution in [0.4, 0.5) is 11.4 Å². The number of carbonyl (C=O) groups is 2. The van der Waals surface area contributed by atoms with E-state index in [1.807, 2.05) is 13.0 Å². The molecule has 130 valence electrons. The highest BCUT2D eigenvalue weighted by Crippen LogP contribution is 2.23. The van der Waals surface area contributed by atoms with Crippen LogP contribution in [0.5, 0.6) is 0 Å². The molecule has 1 atom stereocenters. The number of nitro benzene ring substituents is 1. The first-order chi connectivity index (χ1) is 11.8. The Hall–Kier alpha value is -2.93. The van der Waals surface area contributed by atoms with E-state index >= 15 is 0 Å². The highest BCUT2D eigenvalue weighted by atomic mass is 35.5. The molecular formula is C17H15ClN2O5. The zero-order valence-corrected chi connectivity index (χ0v) is 14.2. The zero-order chi connectivity index (χ0) is 18.6. The monoisotopic (exact) mass is 362 g/mol. The molecule has 25 heavy (non-hydrogen) atoms. The van der Waals surface area contributed by atoms with Gasteiger partial charge < -0.3 is 10.1 Å². The number of non-ortho nitro benzene ring substituents is 1. The molecule has 0 radical (unpaired) electrons. The van der Waals surface area contributed by atoms with Crippen molar-refractivity contribution < 1.29 is 19.2 Å². The van der Waals surface area contributed by atoms with Gasteiger partial charge in [0, 0.05) is 17.8 Å². The molecule has 2 rings (SSSR count). The zero-order valence-electron chi connectivity index (χ0n) is 13.5. The van der Waals surface area contributed by atoms with Crippen molar-refractivity contribution in [1.82, 2.24) is 0 Å². The van der Waals surface area contributed by atoms with Gasteiger partial charge in [-0.05, 0) is 37.6 Å². The molecule has 2 aromatic rings. The summed E-state index contributed by atoms with van der Waals surface area (Å²) in [5.41, 5.74) is 1.26. The fourth-order valence-electron chi connectivity index (χ4n) is 2.03. The number of amides is 1. The van der Waals surface area contributed by atoms with Crippen LogP contribution in [0.3, 0.4) is 0 Å². The minimum Gasteiger partial charge on any atom is -0.449 e. The number of benzene rings is 2. The second kappa shape index (κ2) is 7.76. The summed E-state index contributed by atoms with van der Waals surface area (Å²) in [5, 5.41) is 13.2. The van der Waals surface area contributed by atoms with E-state index < -0.39 is 22.9 Å². The summed E-state index contributed by atoms with van der Waals surface area (Å²) in [6, 6.07) is 10.5. The maximum absolute atomic E-state index is 12.1. The number of esters is 1. The summed E-state index contributed by atoms with van der Waals surface area (Å²) < 4.78 is 5.08. The first-order valence-electron chi connectivity index (χ1n) is 7.30. The smallest absolute Gasteiger partial charge is 0.340 e. The second-order valence-corrected chi connectivity index (χ2v) is 5.73. The van der Waals surface area contributed by atoms with Gasteiger partial charge in [-0.25, -0.2) is 4.79 Å². The lowest BCUT2D eigenvalue weighted by Gasteiger charge is -2.14. The Balaban J connectivity index is 2.04. The Morgan fingerprint density at radius 3 is 2.56 bits per heavy atom. The first kappa shape index (κ1) is 18.4. The number of hydrogen-bond acceptors (Lipinski definition) is 5. The van der Waals surface area contributed by atoms with Crippen molar-refractivity contribution in [3.05, 3.63) is 68.7 Å². The van der Waals surface area contributed by atoms with Gasteiger partial charge in [-0.1, -0.05) is 23.7 Å². The van der Waals surface area contributed by atoms with Crippen LogP contribution >= 0.6 is 11.6 Å². The van der Waals surface area contributed by atoms with E-state index in [1.165, 1.54) is 13.0 Å². The highest BCUT2D eigenvalue weighted by Gasteiger charge is 2.22. The van der Waals surface area contributed by atoms with Crippen LogP contribution in [0.1, 0.15) is 22.8 Å². The quantitative estimate of drug-likeness (QED) is 0.496. The number of nitrogens with one attached hydrogen (secondary N) is 1. The van der Waals surface area contributed by atoms with Crippen LogP contribution in [0.25, 0.3) is 0 Å². The molecule has 0 bridgehead atoms. The number of anilines is 1. The Morgan fingerprint density at radius 2 is 1.96 bits per heavy atom. The third-order valence-electron chi connectivity index (χ3n) is 3.32. The number of carbonyl (C=O) groups excluding carboxylic acids is 2. The van der Waals surface area contributed by atoms with Crippen LogP contribution in [0.15, 0.2) is 42.5 Å². The Labute approximate surface area is 148 Å². The largest absolute Gasteiger partial charge is 0.449 e. The maximum atomic E-state index is 12.1. The van der Waals surface area contributed by atoms with Gasteiger partial charge in [0.25, 0.3) is 11.6 Å². The molecular weight excluding hydrogens is 348 g/mol. The number of hydrogen-bond donors (Lipinski definition) is 1. The highest BCUT2D eigenvalue weighted by molar-refractivity contribution is 6.33. The van der Waals surface area contributed by atoms with Crippen molar-refractivity contribution in [1.29, 1.82) is 0 Å². The Kier molecular flexibility index (Phi) is 5.71. The van der Waals surface area contributed by atoms with E-state index in [1.54, 1.807) is 18.2 Å². The van der Waals surface area contributed by atoms with Crippen molar-refractivity contribution in [3.8, 4) is 0 Å². The van der Waals surface area contributed by atoms with Crippen molar-refractivity contribution in [2.75, 3.05) is 5.32 Å². The van der Waals surface area contributed by atoms with Crippen molar-refractivity contribution in [2.45, 2.75) is 20.0 Å². The number of aryl methyl sites for hydroxylation is 1. The van der Waals surface area contributed by atoms with Gasteiger partial charge >= 0.3 is 5.97 Å². The van der Waals surface area contributed by atoms with Crippen LogP contribution < -0.4 is 5.32 Å². The number of rotatable bonds is 5. The normalized spacial score (nSPS) is 11.5. The van der Waals surface area contributed by atoms with Gasteiger partial charge in [0.2, 0.25) is 0 Å². The van der Waals surface area contributed by atoms with Gasteiger partial charge in [0.15, 0.2) is 6.10 Å². The van der Waals surface area contributed by atoms with Gasteiger partial charge in [0.1, 0.15) is 0 Å². The van der Waals surface area contributed by atoms with E-state index in [0.717, 1.165) is 17.7 Å². The van der Waals surface area contributed by atoms with Crippen molar-refractivity contribution >= 4 is 34.9 Å². The fraction of sp³-hybridized carbons (Fsp3) is 0.176. The van der Waals surface area contributed by atoms with Crippen LogP contribution in [0, 0.1) is 17.0 Å². The summed E-state index contributed by atoms with van der Waals surface area (Å²) in [4.78, 5) is 34.3. The SMILES string of the molecule is Cc1cccc(NC(=O)[C@H](C)OC(=O)c2ccc([N+](=O)[O-])cc2Cl)c1. The molecule has 0 heterocycles. The van der Waals surface area contributed by atoms with E-state index in [2.05, 4.69) is 5.32 Å². The van der Waals surface area contributed by atoms with Gasteiger partial charge in [-0.15, -0.1) is 0 Å². The molecule has 0 aliphatic heterocycles. The predicted molar refractivity (Wildman–Crippen MR) is 92.8 cm³/mol. The second-order valence-electron chi connectivity index (χ2n) is 5.33. The molecule has 0 saturated heterocycles. The third kappa shape index (κ3) is 4.77. The first-order valence-corrected chi connectivity index (χ1v) is 7.68. The van der Waals surface area contributed by atoms with E-state index in [9.17, 15) is 19.7 Å². The molecule has 0 aromatic heterocycles. The van der Waals surface area contributed by atoms with E-state index in [0.29, 0.717) is 5.69 Å². The summed E-state index contributed by atoms with van der Waals surface area (Å²) in [5.74, 6) is -1.34. The minimum atomic E-state index is -1.07. The topological polar surface area (TPSA) is 98.5 Å². The lowest BCUT2D eigenvalue weighted by atomic mass is 10.2. The molecule has 0 unspecified atom stereocenters. The standard InChI is InChI=1S/C17H15ClN2O5/c1-10-4-3-5-12(8-10)19-16(21)11(2)25-17(22)14-7-6-13(20(23)24)9-15(14)18/h3-9,11H,1-2H3,(H,19,21)/t11-/m0/s1. The molecule has 7 nitrogen and oxygen atoms in total. The van der Waals surface area contributed by atoms with E-state index in [-0.39, 0.29) is 16.3 Å². The molecule has 1 amide bonds. The minimum absolute atomic E-state index is 0.0533. The third-order valence-corrected chi connectivity index (χ3v) is 3.63. The molecule has 2 aromatic carbocycles. The Morgan fingerprint density at radius 1 is 1.24 bits per heavy atom. The molecule has 0 saturated carbocycles. The van der Waals surface area contributed by atoms with Gasteiger partial charge in [-0.3, -0.25) is 14.9 Å². The molecule has 8 heteroatoms. The Bertz CT molecular complexity index is 838. The lowest BCUT2D eigenvalue weighted by Crippen LogP contribution is -2.30. The van der Waals surface area contributed by atoms with Crippen LogP contribution in [-0.4, -0.2) is 22.9 Å². The maximum Gasteiger partial charge on any atom is 0.340 e. The number of ether oxygens (including phenoxy) is 1. The van der Waals surface area contributed by atoms with Gasteiger partial charge in [0.05, 0.1) is 15.5 Å². The molecule has 0 fully saturated rings. The fourth-order valence-corrected chi connectivity index (χ4v) is 2.28. The summed E-state index contributed by atoms with van der Waals surface area (Å²) >= 11 is 5.87. The molecule has 0 aliphatic carbocycles. The van der Waals surface area contributed by atoms with Crippen molar-refractivity contribution in [2.24, 2.45) is 0 Å². The molecule has 0 aliphatic rings. The van der Waals surface area contributed by atoms with Crippen LogP contribution in [0.2, 0.25) is 5.02 Å². The van der Waals surface area contributed by atoms with Crippen LogP contribution in [-0.2, 0) is 9.53 Å². The average molecular weight is 363 g/mol. The summed E-state index contributed by atoms with van der Waals surface area (Å²) in [7, 11) is 0. The van der Waals surface area contributed by atoms with E-state index in [4.69, 9.17) is 16.3 Å². The average Bonchev–Trinajstić information content (AvgIpc) is 2.54. The molecule has 1 N–H and O–H groups in total. The number of nitrogens with zero attached hydrogens (tertiary/aromatic N) is 1. The van der Waals surface area contributed by atoms with Gasteiger partial charge in [-0.2, -0.15) is 0 Å². The number of nitro groups is 1. The predicted octanol–water partition coefficient (Wildman–Crippen LogP) is 3.74. The molecule has 0 spiro atoms. The number of halogens is 1.